The van der Waals surface area contributed by atoms with Crippen molar-refractivity contribution in [1.82, 2.24) is 0 Å². The van der Waals surface area contributed by atoms with Gasteiger partial charge in [0.05, 0.1) is 30.9 Å². The number of carbonyl (C=O) groups excluding carboxylic acids is 2. The van der Waals surface area contributed by atoms with E-state index in [-0.39, 0.29) is 49.7 Å². The van der Waals surface area contributed by atoms with E-state index in [1.165, 1.54) is 60.7 Å². The predicted molar refractivity (Wildman–Crippen MR) is 148 cm³/mol. The zero-order valence-electron chi connectivity index (χ0n) is 22.7. The third kappa shape index (κ3) is 11.5. The SMILES string of the molecule is Nc1cc(N)cc(C(=O)OCCCOC(=O)C=Cc2ccc(OC(F)(F)c3ccc(OCCCC(F)(F)F)cc3)cc2)c1. The van der Waals surface area contributed by atoms with Crippen LogP contribution in [0.3, 0.4) is 0 Å². The van der Waals surface area contributed by atoms with Gasteiger partial charge in [-0.05, 0) is 72.7 Å². The molecule has 4 N–H and O–H groups in total. The van der Waals surface area contributed by atoms with E-state index in [4.69, 9.17) is 30.4 Å². The molecule has 0 atom stereocenters. The number of esters is 2. The van der Waals surface area contributed by atoms with Crippen LogP contribution in [0.25, 0.3) is 6.08 Å². The molecule has 0 aliphatic carbocycles. The Labute approximate surface area is 244 Å². The molecule has 0 aliphatic rings. The molecule has 0 saturated heterocycles. The molecule has 0 radical (unpaired) electrons. The molecule has 0 aromatic heterocycles. The molecular weight excluding hydrogens is 579 g/mol. The van der Waals surface area contributed by atoms with Gasteiger partial charge in [0.2, 0.25) is 0 Å². The first-order valence-electron chi connectivity index (χ1n) is 13.0. The number of nitrogens with two attached hydrogens (primary N) is 2. The van der Waals surface area contributed by atoms with E-state index in [1.54, 1.807) is 0 Å². The number of nitrogen functional groups attached to an aromatic ring is 2. The lowest BCUT2D eigenvalue weighted by atomic mass is 10.2. The number of alkyl halides is 5. The summed E-state index contributed by atoms with van der Waals surface area (Å²) < 4.78 is 85.9. The highest BCUT2D eigenvalue weighted by Crippen LogP contribution is 2.33. The average molecular weight is 609 g/mol. The van der Waals surface area contributed by atoms with Crippen LogP contribution in [0.5, 0.6) is 11.5 Å². The molecule has 0 amide bonds. The minimum Gasteiger partial charge on any atom is -0.494 e. The summed E-state index contributed by atoms with van der Waals surface area (Å²) in [6.45, 7) is -0.216. The topological polar surface area (TPSA) is 123 Å². The Balaban J connectivity index is 1.39. The number of carbonyl (C=O) groups is 2. The van der Waals surface area contributed by atoms with Crippen LogP contribution >= 0.6 is 0 Å². The molecule has 43 heavy (non-hydrogen) atoms. The van der Waals surface area contributed by atoms with Crippen LogP contribution in [-0.4, -0.2) is 37.9 Å². The maximum atomic E-state index is 14.6. The summed E-state index contributed by atoms with van der Waals surface area (Å²) in [5.74, 6) is -1.26. The van der Waals surface area contributed by atoms with Crippen molar-refractivity contribution in [2.75, 3.05) is 31.3 Å². The molecule has 3 aromatic rings. The van der Waals surface area contributed by atoms with Crippen molar-refractivity contribution in [3.05, 3.63) is 89.5 Å². The molecule has 0 bridgehead atoms. The highest BCUT2D eigenvalue weighted by atomic mass is 19.4. The van der Waals surface area contributed by atoms with Gasteiger partial charge in [0.15, 0.2) is 0 Å². The first-order chi connectivity index (χ1) is 20.3. The molecule has 230 valence electrons. The first-order valence-corrected chi connectivity index (χ1v) is 13.0. The Morgan fingerprint density at radius 1 is 0.744 bits per heavy atom. The summed E-state index contributed by atoms with van der Waals surface area (Å²) in [5.41, 5.74) is 12.2. The van der Waals surface area contributed by atoms with Gasteiger partial charge in [-0.3, -0.25) is 0 Å². The van der Waals surface area contributed by atoms with Crippen molar-refractivity contribution in [3.63, 3.8) is 0 Å². The van der Waals surface area contributed by atoms with Crippen LogP contribution in [0.1, 0.15) is 40.7 Å². The minimum atomic E-state index is -4.29. The lowest BCUT2D eigenvalue weighted by molar-refractivity contribution is -0.185. The highest BCUT2D eigenvalue weighted by molar-refractivity contribution is 5.91. The van der Waals surface area contributed by atoms with Crippen LogP contribution in [0.4, 0.5) is 33.3 Å². The van der Waals surface area contributed by atoms with Gasteiger partial charge in [-0.2, -0.15) is 22.0 Å². The van der Waals surface area contributed by atoms with E-state index < -0.39 is 36.2 Å². The van der Waals surface area contributed by atoms with Gasteiger partial charge in [0, 0.05) is 30.3 Å². The number of benzene rings is 3. The van der Waals surface area contributed by atoms with Gasteiger partial charge in [0.1, 0.15) is 11.5 Å². The van der Waals surface area contributed by atoms with Crippen LogP contribution in [0.15, 0.2) is 72.8 Å². The normalized spacial score (nSPS) is 11.7. The van der Waals surface area contributed by atoms with Crippen molar-refractivity contribution in [1.29, 1.82) is 0 Å². The highest BCUT2D eigenvalue weighted by Gasteiger charge is 2.34. The van der Waals surface area contributed by atoms with Gasteiger partial charge in [-0.15, -0.1) is 0 Å². The third-order valence-electron chi connectivity index (χ3n) is 5.58. The van der Waals surface area contributed by atoms with Gasteiger partial charge >= 0.3 is 24.2 Å². The summed E-state index contributed by atoms with van der Waals surface area (Å²) in [6.07, 6.45) is -6.42. The molecule has 0 unspecified atom stereocenters. The zero-order valence-corrected chi connectivity index (χ0v) is 22.7. The Morgan fingerprint density at radius 2 is 1.35 bits per heavy atom. The summed E-state index contributed by atoms with van der Waals surface area (Å²) in [4.78, 5) is 24.0. The maximum Gasteiger partial charge on any atom is 0.426 e. The Bertz CT molecular complexity index is 1370. The Hall–Kier alpha value is -4.81. The number of hydrogen-bond acceptors (Lipinski definition) is 8. The summed E-state index contributed by atoms with van der Waals surface area (Å²) in [5, 5.41) is 0. The fraction of sp³-hybridized carbons (Fsp3) is 0.267. The molecule has 13 heteroatoms. The molecule has 0 spiro atoms. The minimum absolute atomic E-state index is 0.0000862. The second-order valence-electron chi connectivity index (χ2n) is 9.16. The summed E-state index contributed by atoms with van der Waals surface area (Å²) >= 11 is 0. The Kier molecular flexibility index (Phi) is 11.3. The number of halogens is 5. The molecular formula is C30H29F5N2O6. The Morgan fingerprint density at radius 3 is 1.98 bits per heavy atom. The summed E-state index contributed by atoms with van der Waals surface area (Å²) in [7, 11) is 0. The van der Waals surface area contributed by atoms with Crippen LogP contribution in [0, 0.1) is 0 Å². The molecule has 0 aliphatic heterocycles. The van der Waals surface area contributed by atoms with Crippen LogP contribution in [-0.2, 0) is 20.4 Å². The van der Waals surface area contributed by atoms with Crippen molar-refractivity contribution < 1.29 is 50.5 Å². The van der Waals surface area contributed by atoms with Gasteiger partial charge in [-0.1, -0.05) is 12.1 Å². The number of hydrogen-bond donors (Lipinski definition) is 2. The summed E-state index contributed by atoms with van der Waals surface area (Å²) in [6, 6.07) is 14.4. The van der Waals surface area contributed by atoms with Crippen LogP contribution < -0.4 is 20.9 Å². The van der Waals surface area contributed by atoms with Crippen molar-refractivity contribution in [3.8, 4) is 11.5 Å². The molecule has 3 aromatic carbocycles. The quantitative estimate of drug-likeness (QED) is 0.0699. The van der Waals surface area contributed by atoms with Crippen molar-refractivity contribution in [2.45, 2.75) is 31.5 Å². The van der Waals surface area contributed by atoms with Crippen molar-refractivity contribution >= 4 is 29.4 Å². The molecule has 0 saturated carbocycles. The smallest absolute Gasteiger partial charge is 0.426 e. The standard InChI is InChI=1S/C30H29F5N2O6/c31-29(32,33)13-1-14-40-25-10-6-22(7-11-25)30(34,35)43-26-8-3-20(4-9-26)5-12-27(38)41-15-2-16-42-28(39)21-17-23(36)19-24(37)18-21/h3-12,17-19H,1-2,13-16,36-37H2. The largest absolute Gasteiger partial charge is 0.494 e. The van der Waals surface area contributed by atoms with E-state index in [0.29, 0.717) is 16.9 Å². The average Bonchev–Trinajstić information content (AvgIpc) is 2.94. The van der Waals surface area contributed by atoms with E-state index in [2.05, 4.69) is 0 Å². The second kappa shape index (κ2) is 14.9. The van der Waals surface area contributed by atoms with Crippen molar-refractivity contribution in [2.24, 2.45) is 0 Å². The molecule has 0 fully saturated rings. The van der Waals surface area contributed by atoms with E-state index in [9.17, 15) is 31.5 Å². The maximum absolute atomic E-state index is 14.6. The molecule has 0 heterocycles. The molecule has 8 nitrogen and oxygen atoms in total. The first kappa shape index (κ1) is 32.7. The zero-order chi connectivity index (χ0) is 31.5. The number of rotatable bonds is 14. The van der Waals surface area contributed by atoms with E-state index >= 15 is 0 Å². The van der Waals surface area contributed by atoms with E-state index in [0.717, 1.165) is 18.2 Å². The predicted octanol–water partition coefficient (Wildman–Crippen LogP) is 6.50. The fourth-order valence-corrected chi connectivity index (χ4v) is 3.55. The lowest BCUT2D eigenvalue weighted by Gasteiger charge is -2.18. The van der Waals surface area contributed by atoms with Crippen LogP contribution in [0.2, 0.25) is 0 Å². The van der Waals surface area contributed by atoms with Gasteiger partial charge in [-0.25, -0.2) is 9.59 Å². The third-order valence-corrected chi connectivity index (χ3v) is 5.58. The fourth-order valence-electron chi connectivity index (χ4n) is 3.55. The number of ether oxygens (including phenoxy) is 4. The monoisotopic (exact) mass is 608 g/mol. The number of anilines is 2. The second-order valence-corrected chi connectivity index (χ2v) is 9.16. The molecule has 3 rings (SSSR count). The van der Waals surface area contributed by atoms with E-state index in [1.807, 2.05) is 0 Å². The van der Waals surface area contributed by atoms with Gasteiger partial charge in [0.25, 0.3) is 0 Å². The lowest BCUT2D eigenvalue weighted by Crippen LogP contribution is -2.21. The van der Waals surface area contributed by atoms with Gasteiger partial charge < -0.3 is 30.4 Å².